The molecule has 0 aliphatic carbocycles. The van der Waals surface area contributed by atoms with Crippen molar-refractivity contribution >= 4 is 80.1 Å². The molecular formula is C54H35NS2. The molecule has 0 fully saturated rings. The first-order valence-corrected chi connectivity index (χ1v) is 21.0. The summed E-state index contributed by atoms with van der Waals surface area (Å²) in [5.74, 6) is 0. The van der Waals surface area contributed by atoms with E-state index >= 15 is 0 Å². The SMILES string of the molecule is c1ccc(-c2ccccc2-c2ccc(N(c3ccc(-c4ccccc4)c(-c4cccc5sc6ccccc6c45)c3)c3cccc4c3sc3ccccc34)cc2)cc1. The van der Waals surface area contributed by atoms with E-state index < -0.39 is 0 Å². The van der Waals surface area contributed by atoms with E-state index in [4.69, 9.17) is 0 Å². The molecule has 0 aliphatic rings. The second-order valence-corrected chi connectivity index (χ2v) is 16.6. The predicted octanol–water partition coefficient (Wildman–Crippen LogP) is 16.6. The van der Waals surface area contributed by atoms with E-state index in [0.29, 0.717) is 0 Å². The number of benzene rings is 9. The van der Waals surface area contributed by atoms with Crippen LogP contribution >= 0.6 is 22.7 Å². The summed E-state index contributed by atoms with van der Waals surface area (Å²) in [7, 11) is 0. The fourth-order valence-electron chi connectivity index (χ4n) is 8.49. The van der Waals surface area contributed by atoms with Crippen LogP contribution in [0.3, 0.4) is 0 Å². The van der Waals surface area contributed by atoms with Crippen LogP contribution in [-0.4, -0.2) is 0 Å². The van der Waals surface area contributed by atoms with Crippen LogP contribution in [0.25, 0.3) is 84.9 Å². The fraction of sp³-hybridized carbons (Fsp3) is 0. The number of thiophene rings is 2. The van der Waals surface area contributed by atoms with Gasteiger partial charge in [-0.1, -0.05) is 164 Å². The monoisotopic (exact) mass is 761 g/mol. The summed E-state index contributed by atoms with van der Waals surface area (Å²) < 4.78 is 5.18. The molecule has 2 aromatic heterocycles. The Morgan fingerprint density at radius 3 is 1.53 bits per heavy atom. The molecule has 1 nitrogen and oxygen atoms in total. The van der Waals surface area contributed by atoms with Crippen molar-refractivity contribution in [2.45, 2.75) is 0 Å². The van der Waals surface area contributed by atoms with Gasteiger partial charge >= 0.3 is 0 Å². The molecule has 11 aromatic rings. The lowest BCUT2D eigenvalue weighted by Crippen LogP contribution is -2.10. The molecule has 0 aliphatic heterocycles. The minimum Gasteiger partial charge on any atom is -0.309 e. The lowest BCUT2D eigenvalue weighted by atomic mass is 9.91. The van der Waals surface area contributed by atoms with Gasteiger partial charge in [-0.05, 0) is 93.0 Å². The maximum atomic E-state index is 2.47. The highest BCUT2D eigenvalue weighted by Gasteiger charge is 2.22. The molecule has 0 N–H and O–H groups in total. The Hall–Kier alpha value is -6.78. The Balaban J connectivity index is 1.15. The number of fused-ring (bicyclic) bond motifs is 6. The third-order valence-corrected chi connectivity index (χ3v) is 13.5. The van der Waals surface area contributed by atoms with E-state index in [1.807, 2.05) is 22.7 Å². The maximum absolute atomic E-state index is 2.47. The Bertz CT molecular complexity index is 3230. The number of nitrogens with zero attached hydrogens (tertiary/aromatic N) is 1. The largest absolute Gasteiger partial charge is 0.309 e. The summed E-state index contributed by atoms with van der Waals surface area (Å²) in [6, 6.07) is 77.6. The van der Waals surface area contributed by atoms with Crippen LogP contribution in [0.15, 0.2) is 212 Å². The topological polar surface area (TPSA) is 3.24 Å². The first kappa shape index (κ1) is 33.5. The molecule has 3 heteroatoms. The fourth-order valence-corrected chi connectivity index (χ4v) is 10.8. The average Bonchev–Trinajstić information content (AvgIpc) is 3.87. The summed E-state index contributed by atoms with van der Waals surface area (Å²) in [5, 5.41) is 5.19. The molecule has 0 amide bonds. The van der Waals surface area contributed by atoms with Crippen molar-refractivity contribution in [1.29, 1.82) is 0 Å². The zero-order valence-corrected chi connectivity index (χ0v) is 32.6. The van der Waals surface area contributed by atoms with Gasteiger partial charge in [0.05, 0.1) is 10.4 Å². The van der Waals surface area contributed by atoms with Crippen LogP contribution in [0.2, 0.25) is 0 Å². The molecule has 0 spiro atoms. The number of rotatable bonds is 7. The summed E-state index contributed by atoms with van der Waals surface area (Å²) in [4.78, 5) is 2.47. The van der Waals surface area contributed by atoms with Gasteiger partial charge in [-0.3, -0.25) is 0 Å². The molecule has 57 heavy (non-hydrogen) atoms. The van der Waals surface area contributed by atoms with Crippen LogP contribution in [0.5, 0.6) is 0 Å². The van der Waals surface area contributed by atoms with Gasteiger partial charge in [-0.2, -0.15) is 0 Å². The summed E-state index contributed by atoms with van der Waals surface area (Å²) in [5.41, 5.74) is 13.1. The van der Waals surface area contributed by atoms with Gasteiger partial charge in [-0.15, -0.1) is 22.7 Å². The number of anilines is 3. The van der Waals surface area contributed by atoms with Crippen LogP contribution in [0, 0.1) is 0 Å². The molecule has 0 radical (unpaired) electrons. The zero-order valence-electron chi connectivity index (χ0n) is 31.0. The molecule has 0 saturated heterocycles. The molecule has 9 aromatic carbocycles. The first-order chi connectivity index (χ1) is 28.3. The zero-order chi connectivity index (χ0) is 37.7. The average molecular weight is 762 g/mol. The van der Waals surface area contributed by atoms with Gasteiger partial charge in [0, 0.05) is 47.0 Å². The van der Waals surface area contributed by atoms with E-state index in [2.05, 4.69) is 217 Å². The van der Waals surface area contributed by atoms with Crippen molar-refractivity contribution in [3.05, 3.63) is 212 Å². The minimum atomic E-state index is 1.11. The van der Waals surface area contributed by atoms with Crippen LogP contribution in [0.1, 0.15) is 0 Å². The van der Waals surface area contributed by atoms with Gasteiger partial charge in [0.1, 0.15) is 0 Å². The predicted molar refractivity (Wildman–Crippen MR) is 249 cm³/mol. The molecule has 2 heterocycles. The standard InChI is InChI=1S/C54H35NS2/c1-3-15-36(16-4-1)41-19-7-8-20-42(41)38-29-31-39(32-30-38)55(49-25-13-24-46-44-21-9-11-26-50(44)57-54(46)49)40-33-34-43(37-17-5-2-6-18-37)48(35-40)45-23-14-28-52-53(45)47-22-10-12-27-51(47)56-52/h1-35H. The van der Waals surface area contributed by atoms with E-state index in [-0.39, 0.29) is 0 Å². The maximum Gasteiger partial charge on any atom is 0.0640 e. The Labute approximate surface area is 340 Å². The van der Waals surface area contributed by atoms with Gasteiger partial charge in [0.2, 0.25) is 0 Å². The van der Waals surface area contributed by atoms with Crippen molar-refractivity contribution in [2.24, 2.45) is 0 Å². The van der Waals surface area contributed by atoms with Gasteiger partial charge in [-0.25, -0.2) is 0 Å². The second kappa shape index (κ2) is 14.1. The van der Waals surface area contributed by atoms with Crippen LogP contribution in [-0.2, 0) is 0 Å². The van der Waals surface area contributed by atoms with Gasteiger partial charge < -0.3 is 4.90 Å². The molecule has 0 unspecified atom stereocenters. The third-order valence-electron chi connectivity index (χ3n) is 11.1. The third kappa shape index (κ3) is 5.83. The molecule has 0 saturated carbocycles. The minimum absolute atomic E-state index is 1.11. The molecule has 11 rings (SSSR count). The summed E-state index contributed by atoms with van der Waals surface area (Å²) >= 11 is 3.74. The van der Waals surface area contributed by atoms with Crippen LogP contribution < -0.4 is 4.90 Å². The van der Waals surface area contributed by atoms with E-state index in [0.717, 1.165) is 11.4 Å². The van der Waals surface area contributed by atoms with E-state index in [1.165, 1.54) is 90.5 Å². The van der Waals surface area contributed by atoms with Gasteiger partial charge in [0.25, 0.3) is 0 Å². The smallest absolute Gasteiger partial charge is 0.0640 e. The lowest BCUT2D eigenvalue weighted by molar-refractivity contribution is 1.30. The van der Waals surface area contributed by atoms with Crippen molar-refractivity contribution < 1.29 is 0 Å². The van der Waals surface area contributed by atoms with E-state index in [9.17, 15) is 0 Å². The summed E-state index contributed by atoms with van der Waals surface area (Å²) in [6.07, 6.45) is 0. The summed E-state index contributed by atoms with van der Waals surface area (Å²) in [6.45, 7) is 0. The van der Waals surface area contributed by atoms with Gasteiger partial charge in [0.15, 0.2) is 0 Å². The highest BCUT2D eigenvalue weighted by Crippen LogP contribution is 2.48. The van der Waals surface area contributed by atoms with Crippen molar-refractivity contribution in [2.75, 3.05) is 4.90 Å². The highest BCUT2D eigenvalue weighted by atomic mass is 32.1. The van der Waals surface area contributed by atoms with E-state index in [1.54, 1.807) is 0 Å². The molecular weight excluding hydrogens is 727 g/mol. The first-order valence-electron chi connectivity index (χ1n) is 19.3. The Morgan fingerprint density at radius 2 is 0.807 bits per heavy atom. The highest BCUT2D eigenvalue weighted by molar-refractivity contribution is 7.26. The van der Waals surface area contributed by atoms with Crippen molar-refractivity contribution in [3.8, 4) is 44.5 Å². The Morgan fingerprint density at radius 1 is 0.298 bits per heavy atom. The second-order valence-electron chi connectivity index (χ2n) is 14.4. The molecule has 0 bridgehead atoms. The quantitative estimate of drug-likeness (QED) is 0.156. The normalized spacial score (nSPS) is 11.5. The van der Waals surface area contributed by atoms with Crippen LogP contribution in [0.4, 0.5) is 17.1 Å². The number of hydrogen-bond donors (Lipinski definition) is 0. The molecule has 0 atom stereocenters. The van der Waals surface area contributed by atoms with Crippen molar-refractivity contribution in [1.82, 2.24) is 0 Å². The lowest BCUT2D eigenvalue weighted by Gasteiger charge is -2.28. The Kier molecular flexibility index (Phi) is 8.28. The van der Waals surface area contributed by atoms with Crippen molar-refractivity contribution in [3.63, 3.8) is 0 Å². The number of hydrogen-bond acceptors (Lipinski definition) is 3. The molecule has 268 valence electrons.